The Labute approximate surface area is 53.4 Å². The highest BCUT2D eigenvalue weighted by Gasteiger charge is 2.33. The standard InChI is InChI=1S/C6H11Br/c1-2-5-3-6(5)4-7/h5-6H,2-4H2,1H3/t5-,6+/m0/s1. The summed E-state index contributed by atoms with van der Waals surface area (Å²) in [6, 6.07) is 0. The zero-order valence-electron chi connectivity index (χ0n) is 4.65. The number of hydrogen-bond donors (Lipinski definition) is 0. The van der Waals surface area contributed by atoms with Crippen LogP contribution >= 0.6 is 15.9 Å². The summed E-state index contributed by atoms with van der Waals surface area (Å²) in [7, 11) is 0. The van der Waals surface area contributed by atoms with Crippen molar-refractivity contribution < 1.29 is 0 Å². The van der Waals surface area contributed by atoms with Gasteiger partial charge >= 0.3 is 0 Å². The molecule has 42 valence electrons. The van der Waals surface area contributed by atoms with Crippen LogP contribution in [0.2, 0.25) is 0 Å². The molecule has 0 heterocycles. The highest BCUT2D eigenvalue weighted by atomic mass is 79.9. The van der Waals surface area contributed by atoms with Crippen LogP contribution in [-0.2, 0) is 0 Å². The molecule has 0 nitrogen and oxygen atoms in total. The summed E-state index contributed by atoms with van der Waals surface area (Å²) in [5.41, 5.74) is 0. The number of alkyl halides is 1. The zero-order valence-corrected chi connectivity index (χ0v) is 6.24. The number of hydrogen-bond acceptors (Lipinski definition) is 0. The second-order valence-corrected chi connectivity index (χ2v) is 2.97. The van der Waals surface area contributed by atoms with Gasteiger partial charge in [-0.3, -0.25) is 0 Å². The van der Waals surface area contributed by atoms with Gasteiger partial charge in [0.05, 0.1) is 0 Å². The first kappa shape index (κ1) is 5.61. The molecule has 1 aliphatic carbocycles. The Morgan fingerprint density at radius 3 is 2.43 bits per heavy atom. The quantitative estimate of drug-likeness (QED) is 0.548. The monoisotopic (exact) mass is 162 g/mol. The Morgan fingerprint density at radius 2 is 2.29 bits per heavy atom. The molecule has 0 aromatic rings. The van der Waals surface area contributed by atoms with E-state index in [0.29, 0.717) is 0 Å². The van der Waals surface area contributed by atoms with Crippen LogP contribution in [0.15, 0.2) is 0 Å². The van der Waals surface area contributed by atoms with Gasteiger partial charge in [0.2, 0.25) is 0 Å². The molecule has 0 radical (unpaired) electrons. The van der Waals surface area contributed by atoms with E-state index >= 15 is 0 Å². The molecule has 1 aliphatic rings. The SMILES string of the molecule is CC[C@H]1C[C@@H]1CBr. The molecule has 0 aliphatic heterocycles. The third kappa shape index (κ3) is 1.18. The van der Waals surface area contributed by atoms with Crippen molar-refractivity contribution in [3.05, 3.63) is 0 Å². The van der Waals surface area contributed by atoms with E-state index in [1.807, 2.05) is 0 Å². The van der Waals surface area contributed by atoms with Crippen LogP contribution < -0.4 is 0 Å². The van der Waals surface area contributed by atoms with Gasteiger partial charge in [0.15, 0.2) is 0 Å². The van der Waals surface area contributed by atoms with Crippen molar-refractivity contribution in [3.8, 4) is 0 Å². The van der Waals surface area contributed by atoms with Crippen LogP contribution in [0.3, 0.4) is 0 Å². The summed E-state index contributed by atoms with van der Waals surface area (Å²) < 4.78 is 0. The van der Waals surface area contributed by atoms with E-state index in [1.165, 1.54) is 18.2 Å². The normalized spacial score (nSPS) is 38.6. The fraction of sp³-hybridized carbons (Fsp3) is 1.00. The average Bonchev–Trinajstić information content (AvgIpc) is 2.43. The van der Waals surface area contributed by atoms with Gasteiger partial charge in [-0.2, -0.15) is 0 Å². The fourth-order valence-electron chi connectivity index (χ4n) is 0.999. The third-order valence-corrected chi connectivity index (χ3v) is 2.62. The first-order valence-electron chi connectivity index (χ1n) is 2.94. The molecule has 0 bridgehead atoms. The zero-order chi connectivity index (χ0) is 5.28. The first-order chi connectivity index (χ1) is 3.38. The van der Waals surface area contributed by atoms with Crippen molar-refractivity contribution in [3.63, 3.8) is 0 Å². The lowest BCUT2D eigenvalue weighted by Gasteiger charge is -1.84. The summed E-state index contributed by atoms with van der Waals surface area (Å²) in [5.74, 6) is 2.10. The lowest BCUT2D eigenvalue weighted by molar-refractivity contribution is 0.731. The van der Waals surface area contributed by atoms with E-state index in [9.17, 15) is 0 Å². The van der Waals surface area contributed by atoms with Gasteiger partial charge in [0.1, 0.15) is 0 Å². The number of halogens is 1. The van der Waals surface area contributed by atoms with E-state index in [0.717, 1.165) is 11.8 Å². The Hall–Kier alpha value is 0.480. The molecule has 1 rings (SSSR count). The topological polar surface area (TPSA) is 0 Å². The Morgan fingerprint density at radius 1 is 1.57 bits per heavy atom. The van der Waals surface area contributed by atoms with Crippen LogP contribution in [-0.4, -0.2) is 5.33 Å². The highest BCUT2D eigenvalue weighted by molar-refractivity contribution is 9.09. The molecule has 0 aromatic heterocycles. The molecule has 1 saturated carbocycles. The van der Waals surface area contributed by atoms with Crippen molar-refractivity contribution in [1.82, 2.24) is 0 Å². The average molecular weight is 163 g/mol. The molecule has 0 N–H and O–H groups in total. The maximum Gasteiger partial charge on any atom is 0.00624 e. The Kier molecular flexibility index (Phi) is 1.74. The summed E-state index contributed by atoms with van der Waals surface area (Å²) in [6.07, 6.45) is 2.86. The van der Waals surface area contributed by atoms with E-state index < -0.39 is 0 Å². The van der Waals surface area contributed by atoms with Gasteiger partial charge in [-0.05, 0) is 18.3 Å². The summed E-state index contributed by atoms with van der Waals surface area (Å²) >= 11 is 3.46. The third-order valence-electron chi connectivity index (χ3n) is 1.79. The molecule has 0 spiro atoms. The van der Waals surface area contributed by atoms with Crippen molar-refractivity contribution in [2.45, 2.75) is 19.8 Å². The Bertz CT molecular complexity index is 53.2. The molecular formula is C6H11Br. The molecule has 1 heteroatoms. The van der Waals surface area contributed by atoms with Crippen molar-refractivity contribution in [1.29, 1.82) is 0 Å². The number of rotatable bonds is 2. The van der Waals surface area contributed by atoms with Crippen molar-refractivity contribution >= 4 is 15.9 Å². The summed E-state index contributed by atoms with van der Waals surface area (Å²) in [4.78, 5) is 0. The molecule has 0 saturated heterocycles. The van der Waals surface area contributed by atoms with Crippen molar-refractivity contribution in [2.75, 3.05) is 5.33 Å². The minimum absolute atomic E-state index is 1.03. The largest absolute Gasteiger partial charge is 0.0925 e. The maximum atomic E-state index is 3.46. The van der Waals surface area contributed by atoms with E-state index in [2.05, 4.69) is 22.9 Å². The van der Waals surface area contributed by atoms with Gasteiger partial charge in [0.25, 0.3) is 0 Å². The minimum Gasteiger partial charge on any atom is -0.0925 e. The van der Waals surface area contributed by atoms with Gasteiger partial charge in [-0.15, -0.1) is 0 Å². The van der Waals surface area contributed by atoms with Gasteiger partial charge in [0, 0.05) is 5.33 Å². The van der Waals surface area contributed by atoms with Crippen LogP contribution in [0.1, 0.15) is 19.8 Å². The maximum absolute atomic E-state index is 3.46. The summed E-state index contributed by atoms with van der Waals surface area (Å²) in [6.45, 7) is 2.27. The van der Waals surface area contributed by atoms with E-state index in [1.54, 1.807) is 0 Å². The van der Waals surface area contributed by atoms with Crippen LogP contribution in [0.5, 0.6) is 0 Å². The summed E-state index contributed by atoms with van der Waals surface area (Å²) in [5, 5.41) is 1.23. The molecule has 0 aromatic carbocycles. The lowest BCUT2D eigenvalue weighted by atomic mass is 10.3. The molecular weight excluding hydrogens is 152 g/mol. The predicted molar refractivity (Wildman–Crippen MR) is 35.7 cm³/mol. The van der Waals surface area contributed by atoms with Gasteiger partial charge in [-0.1, -0.05) is 29.3 Å². The van der Waals surface area contributed by atoms with Crippen molar-refractivity contribution in [2.24, 2.45) is 11.8 Å². The van der Waals surface area contributed by atoms with Crippen LogP contribution in [0.4, 0.5) is 0 Å². The van der Waals surface area contributed by atoms with Gasteiger partial charge < -0.3 is 0 Å². The second-order valence-electron chi connectivity index (χ2n) is 2.32. The van der Waals surface area contributed by atoms with Gasteiger partial charge in [-0.25, -0.2) is 0 Å². The fourth-order valence-corrected chi connectivity index (χ4v) is 1.79. The first-order valence-corrected chi connectivity index (χ1v) is 4.06. The minimum atomic E-state index is 1.03. The van der Waals surface area contributed by atoms with Crippen LogP contribution in [0.25, 0.3) is 0 Å². The highest BCUT2D eigenvalue weighted by Crippen LogP contribution is 2.41. The van der Waals surface area contributed by atoms with E-state index in [-0.39, 0.29) is 0 Å². The molecule has 2 atom stereocenters. The second kappa shape index (κ2) is 2.17. The molecule has 0 amide bonds. The van der Waals surface area contributed by atoms with Crippen LogP contribution in [0, 0.1) is 11.8 Å². The Balaban J connectivity index is 2.06. The predicted octanol–water partition coefficient (Wildman–Crippen LogP) is 2.43. The van der Waals surface area contributed by atoms with E-state index in [4.69, 9.17) is 0 Å². The molecule has 1 fully saturated rings. The molecule has 7 heavy (non-hydrogen) atoms. The molecule has 0 unspecified atom stereocenters. The lowest BCUT2D eigenvalue weighted by Crippen LogP contribution is -1.78. The smallest absolute Gasteiger partial charge is 0.00624 e.